The summed E-state index contributed by atoms with van der Waals surface area (Å²) in [4.78, 5) is 11.6. The van der Waals surface area contributed by atoms with Crippen molar-refractivity contribution in [2.75, 3.05) is 18.5 Å². The second kappa shape index (κ2) is 6.20. The number of carbonyl (C=O) groups is 1. The van der Waals surface area contributed by atoms with Crippen LogP contribution in [0.2, 0.25) is 0 Å². The summed E-state index contributed by atoms with van der Waals surface area (Å²) >= 11 is 3.41. The number of ether oxygens (including phenoxy) is 1. The van der Waals surface area contributed by atoms with Crippen LogP contribution in [0.1, 0.15) is 12.8 Å². The standard InChI is InChI=1S/C13H17BrN2O2/c14-10-2-1-3-11(8-10)16-12(13(15)17)9-4-6-18-7-5-9/h1-3,8-9,12,16H,4-7H2,(H2,15,17). The molecular weight excluding hydrogens is 296 g/mol. The summed E-state index contributed by atoms with van der Waals surface area (Å²) in [5.74, 6) is -0.0582. The predicted molar refractivity (Wildman–Crippen MR) is 74.3 cm³/mol. The van der Waals surface area contributed by atoms with Crippen molar-refractivity contribution in [3.63, 3.8) is 0 Å². The largest absolute Gasteiger partial charge is 0.381 e. The Balaban J connectivity index is 2.08. The highest BCUT2D eigenvalue weighted by Crippen LogP contribution is 2.23. The van der Waals surface area contributed by atoms with Gasteiger partial charge >= 0.3 is 0 Å². The fourth-order valence-corrected chi connectivity index (χ4v) is 2.63. The van der Waals surface area contributed by atoms with Crippen LogP contribution in [-0.4, -0.2) is 25.2 Å². The third-order valence-corrected chi connectivity index (χ3v) is 3.68. The lowest BCUT2D eigenvalue weighted by Crippen LogP contribution is -2.43. The van der Waals surface area contributed by atoms with Crippen LogP contribution in [0.4, 0.5) is 5.69 Å². The first-order valence-corrected chi connectivity index (χ1v) is 6.85. The average Bonchev–Trinajstić information content (AvgIpc) is 2.37. The maximum atomic E-state index is 11.6. The molecule has 1 aliphatic rings. The monoisotopic (exact) mass is 312 g/mol. The van der Waals surface area contributed by atoms with Gasteiger partial charge in [0.15, 0.2) is 0 Å². The van der Waals surface area contributed by atoms with E-state index in [4.69, 9.17) is 10.5 Å². The Morgan fingerprint density at radius 2 is 2.17 bits per heavy atom. The Morgan fingerprint density at radius 1 is 1.44 bits per heavy atom. The summed E-state index contributed by atoms with van der Waals surface area (Å²) in [5.41, 5.74) is 6.40. The number of amides is 1. The average molecular weight is 313 g/mol. The molecule has 4 nitrogen and oxygen atoms in total. The molecule has 0 aliphatic carbocycles. The molecule has 1 saturated heterocycles. The SMILES string of the molecule is NC(=O)C(Nc1cccc(Br)c1)C1CCOCC1. The number of nitrogens with one attached hydrogen (secondary N) is 1. The highest BCUT2D eigenvalue weighted by molar-refractivity contribution is 9.10. The van der Waals surface area contributed by atoms with Gasteiger partial charge in [0.25, 0.3) is 0 Å². The maximum absolute atomic E-state index is 11.6. The van der Waals surface area contributed by atoms with Crippen LogP contribution in [0.25, 0.3) is 0 Å². The number of rotatable bonds is 4. The van der Waals surface area contributed by atoms with E-state index in [9.17, 15) is 4.79 Å². The van der Waals surface area contributed by atoms with Gasteiger partial charge in [-0.15, -0.1) is 0 Å². The number of benzene rings is 1. The minimum atomic E-state index is -0.330. The summed E-state index contributed by atoms with van der Waals surface area (Å²) in [5, 5.41) is 3.23. The summed E-state index contributed by atoms with van der Waals surface area (Å²) < 4.78 is 6.29. The topological polar surface area (TPSA) is 64.4 Å². The smallest absolute Gasteiger partial charge is 0.240 e. The number of halogens is 1. The Kier molecular flexibility index (Phi) is 4.60. The van der Waals surface area contributed by atoms with Gasteiger partial charge in [0, 0.05) is 23.4 Å². The van der Waals surface area contributed by atoms with Gasteiger partial charge in [0.05, 0.1) is 0 Å². The molecule has 0 aromatic heterocycles. The molecule has 0 bridgehead atoms. The molecule has 1 aromatic rings. The second-order valence-electron chi connectivity index (χ2n) is 4.48. The predicted octanol–water partition coefficient (Wildman–Crippen LogP) is 2.14. The van der Waals surface area contributed by atoms with Gasteiger partial charge in [-0.3, -0.25) is 4.79 Å². The molecule has 1 aliphatic heterocycles. The molecule has 1 amide bonds. The van der Waals surface area contributed by atoms with E-state index in [1.165, 1.54) is 0 Å². The fraction of sp³-hybridized carbons (Fsp3) is 0.462. The van der Waals surface area contributed by atoms with E-state index in [1.807, 2.05) is 24.3 Å². The van der Waals surface area contributed by atoms with E-state index in [1.54, 1.807) is 0 Å². The Bertz CT molecular complexity index is 419. The van der Waals surface area contributed by atoms with E-state index in [0.29, 0.717) is 13.2 Å². The van der Waals surface area contributed by atoms with Crippen LogP contribution in [0, 0.1) is 5.92 Å². The van der Waals surface area contributed by atoms with E-state index < -0.39 is 0 Å². The lowest BCUT2D eigenvalue weighted by molar-refractivity contribution is -0.120. The molecule has 1 atom stereocenters. The maximum Gasteiger partial charge on any atom is 0.240 e. The van der Waals surface area contributed by atoms with Gasteiger partial charge in [0.2, 0.25) is 5.91 Å². The highest BCUT2D eigenvalue weighted by atomic mass is 79.9. The van der Waals surface area contributed by atoms with Gasteiger partial charge < -0.3 is 15.8 Å². The van der Waals surface area contributed by atoms with Crippen molar-refractivity contribution >= 4 is 27.5 Å². The molecule has 1 aromatic carbocycles. The van der Waals surface area contributed by atoms with Crippen molar-refractivity contribution in [2.45, 2.75) is 18.9 Å². The third-order valence-electron chi connectivity index (χ3n) is 3.19. The van der Waals surface area contributed by atoms with Crippen LogP contribution in [0.3, 0.4) is 0 Å². The van der Waals surface area contributed by atoms with E-state index in [0.717, 1.165) is 23.0 Å². The number of primary amides is 1. The molecule has 2 rings (SSSR count). The minimum Gasteiger partial charge on any atom is -0.381 e. The van der Waals surface area contributed by atoms with Gasteiger partial charge in [0.1, 0.15) is 6.04 Å². The zero-order valence-corrected chi connectivity index (χ0v) is 11.7. The molecular formula is C13H17BrN2O2. The second-order valence-corrected chi connectivity index (χ2v) is 5.40. The Hall–Kier alpha value is -1.07. The first-order chi connectivity index (χ1) is 8.66. The van der Waals surface area contributed by atoms with Crippen LogP contribution < -0.4 is 11.1 Å². The Labute approximate surface area is 115 Å². The van der Waals surface area contributed by atoms with Crippen molar-refractivity contribution in [2.24, 2.45) is 11.7 Å². The molecule has 1 heterocycles. The fourth-order valence-electron chi connectivity index (χ4n) is 2.23. The van der Waals surface area contributed by atoms with Crippen LogP contribution in [-0.2, 0) is 9.53 Å². The van der Waals surface area contributed by atoms with Crippen molar-refractivity contribution in [1.29, 1.82) is 0 Å². The van der Waals surface area contributed by atoms with Crippen molar-refractivity contribution in [1.82, 2.24) is 0 Å². The number of hydrogen-bond acceptors (Lipinski definition) is 3. The van der Waals surface area contributed by atoms with Crippen molar-refractivity contribution in [3.05, 3.63) is 28.7 Å². The lowest BCUT2D eigenvalue weighted by Gasteiger charge is -2.29. The quantitative estimate of drug-likeness (QED) is 0.895. The molecule has 0 saturated carbocycles. The zero-order valence-electron chi connectivity index (χ0n) is 10.1. The minimum absolute atomic E-state index is 0.246. The molecule has 0 radical (unpaired) electrons. The van der Waals surface area contributed by atoms with E-state index >= 15 is 0 Å². The van der Waals surface area contributed by atoms with Gasteiger partial charge in [-0.05, 0) is 37.0 Å². The number of nitrogens with two attached hydrogens (primary N) is 1. The third kappa shape index (κ3) is 3.46. The number of carbonyl (C=O) groups excluding carboxylic acids is 1. The molecule has 0 spiro atoms. The molecule has 18 heavy (non-hydrogen) atoms. The zero-order chi connectivity index (χ0) is 13.0. The highest BCUT2D eigenvalue weighted by Gasteiger charge is 2.28. The van der Waals surface area contributed by atoms with Gasteiger partial charge in [-0.25, -0.2) is 0 Å². The summed E-state index contributed by atoms with van der Waals surface area (Å²) in [6.45, 7) is 1.41. The normalized spacial score (nSPS) is 18.3. The molecule has 1 fully saturated rings. The van der Waals surface area contributed by atoms with Crippen molar-refractivity contribution in [3.8, 4) is 0 Å². The summed E-state index contributed by atoms with van der Waals surface area (Å²) in [7, 11) is 0. The Morgan fingerprint density at radius 3 is 2.78 bits per heavy atom. The molecule has 3 N–H and O–H groups in total. The number of hydrogen-bond donors (Lipinski definition) is 2. The first kappa shape index (κ1) is 13.4. The lowest BCUT2D eigenvalue weighted by atomic mass is 9.91. The summed E-state index contributed by atoms with van der Waals surface area (Å²) in [6.07, 6.45) is 1.74. The first-order valence-electron chi connectivity index (χ1n) is 6.06. The molecule has 1 unspecified atom stereocenters. The molecule has 98 valence electrons. The van der Waals surface area contributed by atoms with Crippen LogP contribution in [0.15, 0.2) is 28.7 Å². The van der Waals surface area contributed by atoms with Gasteiger partial charge in [-0.2, -0.15) is 0 Å². The van der Waals surface area contributed by atoms with E-state index in [2.05, 4.69) is 21.2 Å². The molecule has 5 heteroatoms. The van der Waals surface area contributed by atoms with Crippen molar-refractivity contribution < 1.29 is 9.53 Å². The summed E-state index contributed by atoms with van der Waals surface area (Å²) in [6, 6.07) is 7.41. The van der Waals surface area contributed by atoms with Crippen LogP contribution in [0.5, 0.6) is 0 Å². The number of anilines is 1. The van der Waals surface area contributed by atoms with Crippen LogP contribution >= 0.6 is 15.9 Å². The van der Waals surface area contributed by atoms with Gasteiger partial charge in [-0.1, -0.05) is 22.0 Å². The van der Waals surface area contributed by atoms with E-state index in [-0.39, 0.29) is 17.9 Å².